The van der Waals surface area contributed by atoms with Gasteiger partial charge in [-0.15, -0.1) is 0 Å². The van der Waals surface area contributed by atoms with Gasteiger partial charge in [0.2, 0.25) is 5.88 Å². The summed E-state index contributed by atoms with van der Waals surface area (Å²) in [6.45, 7) is 6.83. The minimum Gasteiger partial charge on any atom is -0.493 e. The maximum Gasteiger partial charge on any atom is 0.262 e. The van der Waals surface area contributed by atoms with E-state index < -0.39 is 11.6 Å². The van der Waals surface area contributed by atoms with Gasteiger partial charge in [0.1, 0.15) is 12.1 Å². The lowest BCUT2D eigenvalue weighted by Gasteiger charge is -2.32. The third kappa shape index (κ3) is 5.81. The Bertz CT molecular complexity index is 1290. The number of rotatable bonds is 10. The maximum atomic E-state index is 14.4. The molecule has 1 N–H and O–H groups in total. The molecule has 0 atom stereocenters. The summed E-state index contributed by atoms with van der Waals surface area (Å²) in [4.78, 5) is 23.3. The number of carbonyl (C=O) groups excluding carboxylic acids is 1. The van der Waals surface area contributed by atoms with Crippen LogP contribution in [0.4, 0.5) is 10.1 Å². The van der Waals surface area contributed by atoms with Gasteiger partial charge in [0.25, 0.3) is 5.91 Å². The van der Waals surface area contributed by atoms with Crippen LogP contribution in [0.15, 0.2) is 36.7 Å². The number of aryl methyl sites for hydroxylation is 1. The molecule has 5 rings (SSSR count). The predicted molar refractivity (Wildman–Crippen MR) is 141 cm³/mol. The number of ether oxygens (including phenoxy) is 4. The van der Waals surface area contributed by atoms with E-state index in [2.05, 4.69) is 20.2 Å². The molecule has 0 spiro atoms. The highest BCUT2D eigenvalue weighted by Gasteiger charge is 2.44. The van der Waals surface area contributed by atoms with Crippen LogP contribution in [0.2, 0.25) is 0 Å². The van der Waals surface area contributed by atoms with Gasteiger partial charge in [-0.25, -0.2) is 14.4 Å². The fourth-order valence-corrected chi connectivity index (χ4v) is 4.59. The molecule has 202 valence electrons. The first-order valence-electron chi connectivity index (χ1n) is 13.0. The summed E-state index contributed by atoms with van der Waals surface area (Å²) in [6, 6.07) is 8.81. The van der Waals surface area contributed by atoms with Gasteiger partial charge in [-0.3, -0.25) is 9.69 Å². The maximum absolute atomic E-state index is 14.4. The number of nitrogens with zero attached hydrogens (tertiary/aromatic N) is 3. The van der Waals surface area contributed by atoms with Gasteiger partial charge >= 0.3 is 0 Å². The molecule has 1 amide bonds. The van der Waals surface area contributed by atoms with Gasteiger partial charge < -0.3 is 24.3 Å². The molecule has 3 aromatic rings. The average molecular weight is 525 g/mol. The van der Waals surface area contributed by atoms with E-state index in [9.17, 15) is 9.18 Å². The highest BCUT2D eigenvalue weighted by atomic mass is 19.1. The van der Waals surface area contributed by atoms with Crippen LogP contribution in [0.25, 0.3) is 10.9 Å². The summed E-state index contributed by atoms with van der Waals surface area (Å²) in [5.74, 6) is 1.51. The Hall–Kier alpha value is -3.50. The van der Waals surface area contributed by atoms with E-state index in [1.807, 2.05) is 19.1 Å². The average Bonchev–Trinajstić information content (AvgIpc) is 2.91. The summed E-state index contributed by atoms with van der Waals surface area (Å²) in [5.41, 5.74) is 0.193. The first-order valence-corrected chi connectivity index (χ1v) is 13.0. The molecule has 1 aromatic heterocycles. The predicted octanol–water partition coefficient (Wildman–Crippen LogP) is 4.67. The Morgan fingerprint density at radius 2 is 1.95 bits per heavy atom. The van der Waals surface area contributed by atoms with E-state index in [0.717, 1.165) is 51.3 Å². The number of morpholine rings is 1. The van der Waals surface area contributed by atoms with Crippen molar-refractivity contribution >= 4 is 22.5 Å². The second-order valence-electron chi connectivity index (χ2n) is 9.71. The van der Waals surface area contributed by atoms with Crippen molar-refractivity contribution in [3.8, 4) is 23.1 Å². The van der Waals surface area contributed by atoms with Crippen LogP contribution in [0, 0.1) is 6.92 Å². The summed E-state index contributed by atoms with van der Waals surface area (Å²) < 4.78 is 37.5. The number of nitrogens with one attached hydrogen (secondary N) is 1. The van der Waals surface area contributed by atoms with Crippen molar-refractivity contribution in [3.63, 3.8) is 0 Å². The van der Waals surface area contributed by atoms with Crippen LogP contribution < -0.4 is 19.5 Å². The molecule has 1 saturated heterocycles. The molecule has 0 bridgehead atoms. The minimum absolute atomic E-state index is 0.268. The quantitative estimate of drug-likeness (QED) is 0.383. The Balaban J connectivity index is 1.27. The number of anilines is 1. The molecule has 2 aromatic carbocycles. The molecule has 1 aliphatic heterocycles. The zero-order valence-electron chi connectivity index (χ0n) is 21.8. The Morgan fingerprint density at radius 1 is 1.13 bits per heavy atom. The lowest BCUT2D eigenvalue weighted by Crippen LogP contribution is -2.44. The third-order valence-corrected chi connectivity index (χ3v) is 7.06. The van der Waals surface area contributed by atoms with Crippen molar-refractivity contribution in [1.29, 1.82) is 0 Å². The van der Waals surface area contributed by atoms with Crippen molar-refractivity contribution in [2.24, 2.45) is 0 Å². The first-order chi connectivity index (χ1) is 18.4. The number of halogens is 1. The minimum atomic E-state index is -1.76. The van der Waals surface area contributed by atoms with Gasteiger partial charge in [0.15, 0.2) is 17.2 Å². The second-order valence-corrected chi connectivity index (χ2v) is 9.71. The first kappa shape index (κ1) is 26.1. The lowest BCUT2D eigenvalue weighted by molar-refractivity contribution is -0.132. The zero-order valence-corrected chi connectivity index (χ0v) is 21.8. The van der Waals surface area contributed by atoms with Crippen LogP contribution in [-0.4, -0.2) is 73.0 Å². The van der Waals surface area contributed by atoms with Crippen molar-refractivity contribution in [3.05, 3.63) is 42.2 Å². The van der Waals surface area contributed by atoms with E-state index in [1.54, 1.807) is 25.3 Å². The van der Waals surface area contributed by atoms with Crippen LogP contribution in [0.3, 0.4) is 0 Å². The molecule has 2 aliphatic rings. The molecule has 2 fully saturated rings. The number of fused-ring (bicyclic) bond motifs is 1. The SMILES string of the molecule is COc1cc2c(Oc3ccc(NC(=O)C4(F)CCC4)cc3C)ncnc2cc1OCCCN1CCOCC1. The Morgan fingerprint density at radius 3 is 2.66 bits per heavy atom. The summed E-state index contributed by atoms with van der Waals surface area (Å²) in [5, 5.41) is 3.35. The highest BCUT2D eigenvalue weighted by Crippen LogP contribution is 2.38. The van der Waals surface area contributed by atoms with Crippen molar-refractivity contribution in [2.45, 2.75) is 38.3 Å². The van der Waals surface area contributed by atoms with E-state index in [1.165, 1.54) is 6.33 Å². The van der Waals surface area contributed by atoms with Crippen molar-refractivity contribution < 1.29 is 28.1 Å². The Labute approximate surface area is 221 Å². The number of carbonyl (C=O) groups is 1. The Kier molecular flexibility index (Phi) is 7.90. The van der Waals surface area contributed by atoms with Gasteiger partial charge in [-0.1, -0.05) is 0 Å². The molecule has 38 heavy (non-hydrogen) atoms. The number of hydrogen-bond donors (Lipinski definition) is 1. The highest BCUT2D eigenvalue weighted by molar-refractivity contribution is 5.98. The number of methoxy groups -OCH3 is 1. The zero-order chi connectivity index (χ0) is 26.5. The van der Waals surface area contributed by atoms with Crippen molar-refractivity contribution in [1.82, 2.24) is 14.9 Å². The van der Waals surface area contributed by atoms with Gasteiger partial charge in [0, 0.05) is 31.4 Å². The fraction of sp³-hybridized carbons (Fsp3) is 0.464. The normalized spacial score (nSPS) is 17.0. The van der Waals surface area contributed by atoms with Crippen LogP contribution in [0.5, 0.6) is 23.1 Å². The number of hydrogen-bond acceptors (Lipinski definition) is 8. The molecule has 10 heteroatoms. The topological polar surface area (TPSA) is 95.0 Å². The van der Waals surface area contributed by atoms with E-state index >= 15 is 0 Å². The second kappa shape index (κ2) is 11.5. The van der Waals surface area contributed by atoms with E-state index in [-0.39, 0.29) is 12.8 Å². The molecule has 1 saturated carbocycles. The van der Waals surface area contributed by atoms with Crippen LogP contribution in [0.1, 0.15) is 31.2 Å². The molecular weight excluding hydrogens is 491 g/mol. The van der Waals surface area contributed by atoms with Crippen LogP contribution >= 0.6 is 0 Å². The van der Waals surface area contributed by atoms with Crippen LogP contribution in [-0.2, 0) is 9.53 Å². The fourth-order valence-electron chi connectivity index (χ4n) is 4.59. The van der Waals surface area contributed by atoms with E-state index in [0.29, 0.717) is 46.3 Å². The van der Waals surface area contributed by atoms with E-state index in [4.69, 9.17) is 18.9 Å². The summed E-state index contributed by atoms with van der Waals surface area (Å²) in [7, 11) is 1.59. The lowest BCUT2D eigenvalue weighted by atomic mass is 9.81. The monoisotopic (exact) mass is 524 g/mol. The van der Waals surface area contributed by atoms with Gasteiger partial charge in [0.05, 0.1) is 37.8 Å². The molecule has 0 radical (unpaired) electrons. The molecule has 9 nitrogen and oxygen atoms in total. The number of benzene rings is 2. The summed E-state index contributed by atoms with van der Waals surface area (Å²) >= 11 is 0. The molecule has 0 unspecified atom stereocenters. The standard InChI is InChI=1S/C28H33FN4O5/c1-19-15-20(32-27(34)28(29)7-3-8-28)5-6-23(19)38-26-21-16-24(35-2)25(17-22(21)30-18-31-26)37-12-4-9-33-10-13-36-14-11-33/h5-6,15-18H,3-4,7-14H2,1-2H3,(H,32,34). The molecule has 1 aliphatic carbocycles. The van der Waals surface area contributed by atoms with Crippen molar-refractivity contribution in [2.75, 3.05) is 51.9 Å². The number of alkyl halides is 1. The van der Waals surface area contributed by atoms with Gasteiger partial charge in [-0.2, -0.15) is 0 Å². The third-order valence-electron chi connectivity index (χ3n) is 7.06. The largest absolute Gasteiger partial charge is 0.493 e. The summed E-state index contributed by atoms with van der Waals surface area (Å²) in [6.07, 6.45) is 3.60. The molecule has 2 heterocycles. The molecular formula is C28H33FN4O5. The smallest absolute Gasteiger partial charge is 0.262 e. The number of amides is 1. The number of aromatic nitrogens is 2. The van der Waals surface area contributed by atoms with Gasteiger partial charge in [-0.05, 0) is 62.4 Å².